The van der Waals surface area contributed by atoms with Crippen LogP contribution in [0.1, 0.15) is 13.8 Å². The van der Waals surface area contributed by atoms with E-state index < -0.39 is 0 Å². The van der Waals surface area contributed by atoms with Crippen LogP contribution < -0.4 is 0 Å². The quantitative estimate of drug-likeness (QED) is 0.559. The lowest BCUT2D eigenvalue weighted by Crippen LogP contribution is -2.29. The van der Waals surface area contributed by atoms with E-state index in [1.54, 1.807) is 4.90 Å². The number of carbonyl (C=O) groups is 1. The second-order valence-corrected chi connectivity index (χ2v) is 4.08. The largest absolute Gasteiger partial charge is 0.297 e. The molecule has 56 valence electrons. The number of rotatable bonds is 1. The SMILES string of the molecule is CCN1C(=O)C(C)SC1=S. The van der Waals surface area contributed by atoms with Crippen LogP contribution in [-0.4, -0.2) is 26.9 Å². The molecule has 1 aliphatic heterocycles. The highest BCUT2D eigenvalue weighted by molar-refractivity contribution is 8.24. The van der Waals surface area contributed by atoms with Gasteiger partial charge in [0.15, 0.2) is 0 Å². The summed E-state index contributed by atoms with van der Waals surface area (Å²) >= 11 is 6.43. The number of thioether (sulfide) groups is 1. The molecule has 1 saturated heterocycles. The molecule has 1 fully saturated rings. The predicted octanol–water partition coefficient (Wildman–Crippen LogP) is 1.26. The molecular formula is C6H9NOS2. The molecule has 0 aromatic carbocycles. The van der Waals surface area contributed by atoms with Gasteiger partial charge in [-0.2, -0.15) is 0 Å². The predicted molar refractivity (Wildman–Crippen MR) is 47.0 cm³/mol. The summed E-state index contributed by atoms with van der Waals surface area (Å²) in [5.74, 6) is 0.150. The van der Waals surface area contributed by atoms with Crippen molar-refractivity contribution in [1.29, 1.82) is 0 Å². The monoisotopic (exact) mass is 175 g/mol. The van der Waals surface area contributed by atoms with Crippen molar-refractivity contribution in [2.75, 3.05) is 6.54 Å². The van der Waals surface area contributed by atoms with Crippen molar-refractivity contribution < 1.29 is 4.79 Å². The molecule has 1 unspecified atom stereocenters. The zero-order chi connectivity index (χ0) is 7.72. The van der Waals surface area contributed by atoms with Crippen LogP contribution in [0.15, 0.2) is 0 Å². The van der Waals surface area contributed by atoms with E-state index in [4.69, 9.17) is 12.2 Å². The van der Waals surface area contributed by atoms with Crippen molar-refractivity contribution >= 4 is 34.2 Å². The first-order chi connectivity index (χ1) is 4.66. The van der Waals surface area contributed by atoms with Gasteiger partial charge in [-0.25, -0.2) is 0 Å². The Morgan fingerprint density at radius 1 is 1.80 bits per heavy atom. The lowest BCUT2D eigenvalue weighted by atomic mass is 10.4. The van der Waals surface area contributed by atoms with E-state index in [1.807, 2.05) is 13.8 Å². The molecule has 1 rings (SSSR count). The average Bonchev–Trinajstić information content (AvgIpc) is 2.09. The van der Waals surface area contributed by atoms with Gasteiger partial charge in [-0.15, -0.1) is 0 Å². The van der Waals surface area contributed by atoms with Crippen LogP contribution in [0.5, 0.6) is 0 Å². The van der Waals surface area contributed by atoms with E-state index in [1.165, 1.54) is 11.8 Å². The summed E-state index contributed by atoms with van der Waals surface area (Å²) in [7, 11) is 0. The zero-order valence-corrected chi connectivity index (χ0v) is 7.59. The summed E-state index contributed by atoms with van der Waals surface area (Å²) < 4.78 is 0.722. The van der Waals surface area contributed by atoms with Gasteiger partial charge in [0.1, 0.15) is 4.32 Å². The molecule has 4 heteroatoms. The lowest BCUT2D eigenvalue weighted by Gasteiger charge is -2.10. The third-order valence-electron chi connectivity index (χ3n) is 1.43. The molecule has 1 heterocycles. The van der Waals surface area contributed by atoms with Crippen molar-refractivity contribution in [1.82, 2.24) is 4.90 Å². The molecule has 0 bridgehead atoms. The van der Waals surface area contributed by atoms with E-state index >= 15 is 0 Å². The van der Waals surface area contributed by atoms with Crippen molar-refractivity contribution in [3.8, 4) is 0 Å². The highest BCUT2D eigenvalue weighted by Crippen LogP contribution is 2.25. The number of hydrogen-bond donors (Lipinski definition) is 0. The summed E-state index contributed by atoms with van der Waals surface area (Å²) in [6, 6.07) is 0. The third kappa shape index (κ3) is 1.18. The third-order valence-corrected chi connectivity index (χ3v) is 2.91. The Kier molecular flexibility index (Phi) is 2.31. The molecule has 0 aromatic heterocycles. The van der Waals surface area contributed by atoms with Crippen LogP contribution in [0.4, 0.5) is 0 Å². The second kappa shape index (κ2) is 2.88. The number of carbonyl (C=O) groups excluding carboxylic acids is 1. The van der Waals surface area contributed by atoms with E-state index in [0.717, 1.165) is 4.32 Å². The fourth-order valence-electron chi connectivity index (χ4n) is 0.860. The first kappa shape index (κ1) is 8.01. The second-order valence-electron chi connectivity index (χ2n) is 2.11. The molecule has 0 radical (unpaired) electrons. The van der Waals surface area contributed by atoms with Crippen molar-refractivity contribution in [3.63, 3.8) is 0 Å². The van der Waals surface area contributed by atoms with Gasteiger partial charge in [-0.05, 0) is 13.8 Å². The maximum atomic E-state index is 11.2. The molecule has 0 N–H and O–H groups in total. The Hall–Kier alpha value is -0.0900. The minimum atomic E-state index is 0.0347. The molecule has 1 aliphatic rings. The lowest BCUT2D eigenvalue weighted by molar-refractivity contribution is -0.125. The summed E-state index contributed by atoms with van der Waals surface area (Å²) in [6.07, 6.45) is 0. The molecule has 0 aromatic rings. The number of hydrogen-bond acceptors (Lipinski definition) is 3. The molecule has 0 aliphatic carbocycles. The van der Waals surface area contributed by atoms with Crippen LogP contribution in [0.2, 0.25) is 0 Å². The normalized spacial score (nSPS) is 26.2. The molecule has 1 atom stereocenters. The maximum Gasteiger partial charge on any atom is 0.241 e. The molecule has 0 saturated carbocycles. The number of nitrogens with zero attached hydrogens (tertiary/aromatic N) is 1. The van der Waals surface area contributed by atoms with Gasteiger partial charge in [-0.1, -0.05) is 24.0 Å². The average molecular weight is 175 g/mol. The molecular weight excluding hydrogens is 166 g/mol. The Morgan fingerprint density at radius 3 is 2.60 bits per heavy atom. The molecule has 10 heavy (non-hydrogen) atoms. The molecule has 1 amide bonds. The zero-order valence-electron chi connectivity index (χ0n) is 5.96. The van der Waals surface area contributed by atoms with Gasteiger partial charge < -0.3 is 0 Å². The van der Waals surface area contributed by atoms with Gasteiger partial charge in [-0.3, -0.25) is 9.69 Å². The van der Waals surface area contributed by atoms with E-state index in [0.29, 0.717) is 6.54 Å². The molecule has 0 spiro atoms. The topological polar surface area (TPSA) is 20.3 Å². The summed E-state index contributed by atoms with van der Waals surface area (Å²) in [5.41, 5.74) is 0. The Labute approximate surface area is 70.0 Å². The van der Waals surface area contributed by atoms with Crippen molar-refractivity contribution in [2.24, 2.45) is 0 Å². The van der Waals surface area contributed by atoms with Crippen molar-refractivity contribution in [2.45, 2.75) is 19.1 Å². The smallest absolute Gasteiger partial charge is 0.241 e. The Bertz CT molecular complexity index is 181. The van der Waals surface area contributed by atoms with Crippen LogP contribution in [-0.2, 0) is 4.79 Å². The highest BCUT2D eigenvalue weighted by Gasteiger charge is 2.31. The number of thiocarbonyl (C=S) groups is 1. The van der Waals surface area contributed by atoms with Gasteiger partial charge in [0.25, 0.3) is 0 Å². The highest BCUT2D eigenvalue weighted by atomic mass is 32.2. The van der Waals surface area contributed by atoms with E-state index in [2.05, 4.69) is 0 Å². The van der Waals surface area contributed by atoms with Gasteiger partial charge >= 0.3 is 0 Å². The summed E-state index contributed by atoms with van der Waals surface area (Å²) in [4.78, 5) is 12.8. The van der Waals surface area contributed by atoms with Crippen LogP contribution in [0.3, 0.4) is 0 Å². The van der Waals surface area contributed by atoms with Crippen molar-refractivity contribution in [3.05, 3.63) is 0 Å². The van der Waals surface area contributed by atoms with Crippen LogP contribution >= 0.6 is 24.0 Å². The first-order valence-corrected chi connectivity index (χ1v) is 4.47. The standard InChI is InChI=1S/C6H9NOS2/c1-3-7-5(8)4(2)10-6(7)9/h4H,3H2,1-2H3. The minimum Gasteiger partial charge on any atom is -0.297 e. The first-order valence-electron chi connectivity index (χ1n) is 3.18. The Morgan fingerprint density at radius 2 is 2.40 bits per heavy atom. The summed E-state index contributed by atoms with van der Waals surface area (Å²) in [6.45, 7) is 4.52. The van der Waals surface area contributed by atoms with Crippen LogP contribution in [0.25, 0.3) is 0 Å². The Balaban J connectivity index is 2.74. The maximum absolute atomic E-state index is 11.2. The van der Waals surface area contributed by atoms with E-state index in [-0.39, 0.29) is 11.2 Å². The molecule has 2 nitrogen and oxygen atoms in total. The van der Waals surface area contributed by atoms with E-state index in [9.17, 15) is 4.79 Å². The number of amides is 1. The minimum absolute atomic E-state index is 0.0347. The van der Waals surface area contributed by atoms with Crippen LogP contribution in [0, 0.1) is 0 Å². The van der Waals surface area contributed by atoms with Gasteiger partial charge in [0.2, 0.25) is 5.91 Å². The van der Waals surface area contributed by atoms with Gasteiger partial charge in [0.05, 0.1) is 5.25 Å². The summed E-state index contributed by atoms with van der Waals surface area (Å²) in [5, 5.41) is 0.0347. The fourth-order valence-corrected chi connectivity index (χ4v) is 2.39. The fraction of sp³-hybridized carbons (Fsp3) is 0.667. The van der Waals surface area contributed by atoms with Gasteiger partial charge in [0, 0.05) is 6.54 Å².